The number of hydrogen-bond acceptors (Lipinski definition) is 3. The lowest BCUT2D eigenvalue weighted by atomic mass is 9.93. The molecule has 2 aliphatic rings. The van der Waals surface area contributed by atoms with Crippen LogP contribution in [0.4, 0.5) is 15.8 Å². The minimum absolute atomic E-state index is 0.132. The van der Waals surface area contributed by atoms with E-state index in [0.29, 0.717) is 6.04 Å². The SMILES string of the molecule is OC1CCC(Nc2ccc(N3CCCC3)c(F)c2)CC1. The van der Waals surface area contributed by atoms with Gasteiger partial charge >= 0.3 is 0 Å². The van der Waals surface area contributed by atoms with Gasteiger partial charge in [-0.05, 0) is 56.7 Å². The predicted octanol–water partition coefficient (Wildman–Crippen LogP) is 3.14. The predicted molar refractivity (Wildman–Crippen MR) is 79.7 cm³/mol. The summed E-state index contributed by atoms with van der Waals surface area (Å²) in [5.74, 6) is -0.132. The lowest BCUT2D eigenvalue weighted by molar-refractivity contribution is 0.126. The van der Waals surface area contributed by atoms with Crippen molar-refractivity contribution in [2.24, 2.45) is 0 Å². The zero-order valence-electron chi connectivity index (χ0n) is 11.8. The summed E-state index contributed by atoms with van der Waals surface area (Å²) in [5, 5.41) is 12.9. The monoisotopic (exact) mass is 278 g/mol. The summed E-state index contributed by atoms with van der Waals surface area (Å²) in [6.07, 6.45) is 5.75. The molecule has 0 aromatic heterocycles. The maximum absolute atomic E-state index is 14.2. The molecule has 1 saturated heterocycles. The second-order valence-corrected chi connectivity index (χ2v) is 6.01. The van der Waals surface area contributed by atoms with E-state index in [-0.39, 0.29) is 11.9 Å². The first-order valence-corrected chi connectivity index (χ1v) is 7.71. The Balaban J connectivity index is 1.64. The maximum atomic E-state index is 14.2. The van der Waals surface area contributed by atoms with Gasteiger partial charge in [0.15, 0.2) is 0 Å². The summed E-state index contributed by atoms with van der Waals surface area (Å²) >= 11 is 0. The van der Waals surface area contributed by atoms with Crippen LogP contribution in [0, 0.1) is 5.82 Å². The number of benzene rings is 1. The van der Waals surface area contributed by atoms with Crippen LogP contribution in [0.3, 0.4) is 0 Å². The highest BCUT2D eigenvalue weighted by Crippen LogP contribution is 2.28. The number of aliphatic hydroxyl groups excluding tert-OH is 1. The Morgan fingerprint density at radius 2 is 1.80 bits per heavy atom. The molecule has 3 rings (SSSR count). The maximum Gasteiger partial charge on any atom is 0.148 e. The van der Waals surface area contributed by atoms with E-state index in [4.69, 9.17) is 0 Å². The largest absolute Gasteiger partial charge is 0.393 e. The van der Waals surface area contributed by atoms with E-state index in [9.17, 15) is 9.50 Å². The van der Waals surface area contributed by atoms with Crippen LogP contribution in [0.2, 0.25) is 0 Å². The zero-order valence-corrected chi connectivity index (χ0v) is 11.8. The summed E-state index contributed by atoms with van der Waals surface area (Å²) in [7, 11) is 0. The molecule has 1 aliphatic carbocycles. The summed E-state index contributed by atoms with van der Waals surface area (Å²) in [5.41, 5.74) is 1.58. The summed E-state index contributed by atoms with van der Waals surface area (Å²) in [6.45, 7) is 1.93. The lowest BCUT2D eigenvalue weighted by Gasteiger charge is -2.27. The number of hydrogen-bond donors (Lipinski definition) is 2. The summed E-state index contributed by atoms with van der Waals surface area (Å²) < 4.78 is 14.2. The van der Waals surface area contributed by atoms with Crippen LogP contribution in [0.1, 0.15) is 38.5 Å². The van der Waals surface area contributed by atoms with Crippen LogP contribution in [0.5, 0.6) is 0 Å². The van der Waals surface area contributed by atoms with Crippen molar-refractivity contribution in [3.8, 4) is 0 Å². The van der Waals surface area contributed by atoms with Crippen molar-refractivity contribution in [3.63, 3.8) is 0 Å². The van der Waals surface area contributed by atoms with Gasteiger partial charge in [0.25, 0.3) is 0 Å². The minimum Gasteiger partial charge on any atom is -0.393 e. The van der Waals surface area contributed by atoms with Gasteiger partial charge in [0, 0.05) is 24.8 Å². The van der Waals surface area contributed by atoms with E-state index < -0.39 is 0 Å². The molecule has 2 fully saturated rings. The molecule has 1 aromatic carbocycles. The van der Waals surface area contributed by atoms with Crippen molar-refractivity contribution in [2.45, 2.75) is 50.7 Å². The van der Waals surface area contributed by atoms with Crippen LogP contribution in [-0.4, -0.2) is 30.3 Å². The lowest BCUT2D eigenvalue weighted by Crippen LogP contribution is -2.28. The third-order valence-corrected chi connectivity index (χ3v) is 4.46. The summed E-state index contributed by atoms with van der Waals surface area (Å²) in [6, 6.07) is 5.83. The fourth-order valence-corrected chi connectivity index (χ4v) is 3.27. The van der Waals surface area contributed by atoms with Gasteiger partial charge in [-0.15, -0.1) is 0 Å². The van der Waals surface area contributed by atoms with Crippen molar-refractivity contribution in [1.82, 2.24) is 0 Å². The molecular weight excluding hydrogens is 255 g/mol. The molecule has 2 N–H and O–H groups in total. The molecule has 0 bridgehead atoms. The molecule has 0 amide bonds. The van der Waals surface area contributed by atoms with E-state index >= 15 is 0 Å². The van der Waals surface area contributed by atoms with Crippen molar-refractivity contribution in [3.05, 3.63) is 24.0 Å². The number of nitrogens with one attached hydrogen (secondary N) is 1. The molecule has 0 unspecified atom stereocenters. The van der Waals surface area contributed by atoms with Gasteiger partial charge in [0.2, 0.25) is 0 Å². The average Bonchev–Trinajstić information content (AvgIpc) is 2.95. The molecule has 3 nitrogen and oxygen atoms in total. The Bertz CT molecular complexity index is 452. The van der Waals surface area contributed by atoms with E-state index in [1.54, 1.807) is 6.07 Å². The van der Waals surface area contributed by atoms with Crippen molar-refractivity contribution < 1.29 is 9.50 Å². The molecular formula is C16H23FN2O. The Morgan fingerprint density at radius 1 is 1.10 bits per heavy atom. The molecule has 4 heteroatoms. The van der Waals surface area contributed by atoms with Gasteiger partial charge in [-0.1, -0.05) is 0 Å². The average molecular weight is 278 g/mol. The Hall–Kier alpha value is -1.29. The fourth-order valence-electron chi connectivity index (χ4n) is 3.27. The Kier molecular flexibility index (Phi) is 4.10. The van der Waals surface area contributed by atoms with Gasteiger partial charge in [-0.25, -0.2) is 4.39 Å². The fraction of sp³-hybridized carbons (Fsp3) is 0.625. The van der Waals surface area contributed by atoms with Gasteiger partial charge in [0.1, 0.15) is 5.82 Å². The third kappa shape index (κ3) is 3.06. The van der Waals surface area contributed by atoms with Gasteiger partial charge in [-0.3, -0.25) is 0 Å². The highest BCUT2D eigenvalue weighted by Gasteiger charge is 2.20. The third-order valence-electron chi connectivity index (χ3n) is 4.46. The molecule has 110 valence electrons. The van der Waals surface area contributed by atoms with Gasteiger partial charge in [-0.2, -0.15) is 0 Å². The summed E-state index contributed by atoms with van der Waals surface area (Å²) in [4.78, 5) is 2.12. The number of anilines is 2. The van der Waals surface area contributed by atoms with Crippen LogP contribution in [0.15, 0.2) is 18.2 Å². The van der Waals surface area contributed by atoms with E-state index in [0.717, 1.165) is 63.0 Å². The second kappa shape index (κ2) is 6.00. The molecule has 0 spiro atoms. The van der Waals surface area contributed by atoms with E-state index in [2.05, 4.69) is 10.2 Å². The van der Waals surface area contributed by atoms with Crippen LogP contribution in [-0.2, 0) is 0 Å². The number of halogens is 1. The molecule has 1 heterocycles. The van der Waals surface area contributed by atoms with Crippen molar-refractivity contribution >= 4 is 11.4 Å². The molecule has 1 aliphatic heterocycles. The molecule has 0 atom stereocenters. The minimum atomic E-state index is -0.151. The highest BCUT2D eigenvalue weighted by molar-refractivity contribution is 5.57. The molecule has 1 saturated carbocycles. The second-order valence-electron chi connectivity index (χ2n) is 6.01. The van der Waals surface area contributed by atoms with Gasteiger partial charge < -0.3 is 15.3 Å². The normalized spacial score (nSPS) is 26.8. The Labute approximate surface area is 119 Å². The number of nitrogens with zero attached hydrogens (tertiary/aromatic N) is 1. The van der Waals surface area contributed by atoms with Crippen molar-refractivity contribution in [1.29, 1.82) is 0 Å². The number of rotatable bonds is 3. The van der Waals surface area contributed by atoms with Crippen LogP contribution in [0.25, 0.3) is 0 Å². The topological polar surface area (TPSA) is 35.5 Å². The van der Waals surface area contributed by atoms with Crippen LogP contribution < -0.4 is 10.2 Å². The molecule has 1 aromatic rings. The first-order valence-electron chi connectivity index (χ1n) is 7.71. The van der Waals surface area contributed by atoms with Crippen molar-refractivity contribution in [2.75, 3.05) is 23.3 Å². The standard InChI is InChI=1S/C16H23FN2O/c17-15-11-13(18-12-3-6-14(20)7-4-12)5-8-16(15)19-9-1-2-10-19/h5,8,11-12,14,18,20H,1-4,6-7,9-10H2. The Morgan fingerprint density at radius 3 is 2.45 bits per heavy atom. The van der Waals surface area contributed by atoms with Gasteiger partial charge in [0.05, 0.1) is 11.8 Å². The first kappa shape index (κ1) is 13.7. The molecule has 20 heavy (non-hydrogen) atoms. The van der Waals surface area contributed by atoms with E-state index in [1.807, 2.05) is 12.1 Å². The first-order chi connectivity index (χ1) is 9.72. The smallest absolute Gasteiger partial charge is 0.148 e. The van der Waals surface area contributed by atoms with Crippen LogP contribution >= 0.6 is 0 Å². The quantitative estimate of drug-likeness (QED) is 0.891. The molecule has 0 radical (unpaired) electrons. The zero-order chi connectivity index (χ0) is 13.9. The highest BCUT2D eigenvalue weighted by atomic mass is 19.1. The van der Waals surface area contributed by atoms with E-state index in [1.165, 1.54) is 0 Å². The number of aliphatic hydroxyl groups is 1.